The molecule has 2 heteroatoms. The topological polar surface area (TPSA) is 15.3 Å². The average Bonchev–Trinajstić information content (AvgIpc) is 2.48. The minimum Gasteiger partial charge on any atom is -0.378 e. The fourth-order valence-electron chi connectivity index (χ4n) is 2.24. The normalized spacial score (nSPS) is 12.2. The van der Waals surface area contributed by atoms with Gasteiger partial charge in [-0.05, 0) is 29.2 Å². The molecule has 0 amide bonds. The third-order valence-electron chi connectivity index (χ3n) is 3.60. The maximum Gasteiger partial charge on any atom is 0.0361 e. The molecule has 0 fully saturated rings. The van der Waals surface area contributed by atoms with E-state index < -0.39 is 0 Å². The molecule has 0 saturated heterocycles. The van der Waals surface area contributed by atoms with Crippen molar-refractivity contribution in [3.05, 3.63) is 65.7 Å². The van der Waals surface area contributed by atoms with Crippen LogP contribution in [0.25, 0.3) is 0 Å². The summed E-state index contributed by atoms with van der Waals surface area (Å²) in [6.45, 7) is 4.18. The summed E-state index contributed by atoms with van der Waals surface area (Å²) in [5, 5.41) is 3.54. The van der Waals surface area contributed by atoms with Crippen LogP contribution in [0.4, 0.5) is 5.69 Å². The molecule has 2 rings (SSSR count). The molecule has 2 aromatic carbocycles. The number of anilines is 1. The zero-order valence-corrected chi connectivity index (χ0v) is 12.6. The van der Waals surface area contributed by atoms with Crippen LogP contribution in [0, 0.1) is 0 Å². The third kappa shape index (κ3) is 4.10. The molecule has 106 valence electrons. The minimum atomic E-state index is 0.539. The lowest BCUT2D eigenvalue weighted by Gasteiger charge is -2.14. The molecule has 0 saturated carbocycles. The summed E-state index contributed by atoms with van der Waals surface area (Å²) in [5.41, 5.74) is 3.96. The van der Waals surface area contributed by atoms with Gasteiger partial charge in [0.05, 0.1) is 0 Å². The summed E-state index contributed by atoms with van der Waals surface area (Å²) in [7, 11) is 4.13. The van der Waals surface area contributed by atoms with Gasteiger partial charge in [-0.25, -0.2) is 0 Å². The largest absolute Gasteiger partial charge is 0.378 e. The Morgan fingerprint density at radius 1 is 0.950 bits per heavy atom. The maximum absolute atomic E-state index is 3.54. The van der Waals surface area contributed by atoms with Crippen LogP contribution in [0.15, 0.2) is 54.6 Å². The average molecular weight is 268 g/mol. The first-order valence-electron chi connectivity index (χ1n) is 7.19. The van der Waals surface area contributed by atoms with E-state index in [2.05, 4.69) is 85.8 Å². The van der Waals surface area contributed by atoms with Crippen LogP contribution in [-0.4, -0.2) is 20.6 Å². The van der Waals surface area contributed by atoms with E-state index in [4.69, 9.17) is 0 Å². The lowest BCUT2D eigenvalue weighted by Crippen LogP contribution is -2.19. The molecule has 2 nitrogen and oxygen atoms in total. The number of nitrogens with zero attached hydrogens (tertiary/aromatic N) is 1. The molecule has 1 atom stereocenters. The summed E-state index contributed by atoms with van der Waals surface area (Å²) < 4.78 is 0. The van der Waals surface area contributed by atoms with Crippen LogP contribution in [0.5, 0.6) is 0 Å². The first kappa shape index (κ1) is 14.6. The number of nitrogens with one attached hydrogen (secondary N) is 1. The standard InChI is InChI=1S/C18H24N2/c1-15(17-7-5-4-6-8-17)13-19-14-16-9-11-18(12-10-16)20(2)3/h4-12,15,19H,13-14H2,1-3H3. The van der Waals surface area contributed by atoms with E-state index in [1.165, 1.54) is 16.8 Å². The number of benzene rings is 2. The van der Waals surface area contributed by atoms with Gasteiger partial charge < -0.3 is 10.2 Å². The van der Waals surface area contributed by atoms with E-state index in [0.717, 1.165) is 13.1 Å². The lowest BCUT2D eigenvalue weighted by atomic mass is 10.0. The van der Waals surface area contributed by atoms with E-state index in [1.54, 1.807) is 0 Å². The second-order valence-electron chi connectivity index (χ2n) is 5.50. The van der Waals surface area contributed by atoms with Crippen molar-refractivity contribution >= 4 is 5.69 Å². The van der Waals surface area contributed by atoms with Crippen LogP contribution in [-0.2, 0) is 6.54 Å². The van der Waals surface area contributed by atoms with Crippen LogP contribution in [0.3, 0.4) is 0 Å². The Hall–Kier alpha value is -1.80. The van der Waals surface area contributed by atoms with Crippen LogP contribution in [0.2, 0.25) is 0 Å². The molecule has 0 spiro atoms. The SMILES string of the molecule is CC(CNCc1ccc(N(C)C)cc1)c1ccccc1. The van der Waals surface area contributed by atoms with Crippen LogP contribution < -0.4 is 10.2 Å². The van der Waals surface area contributed by atoms with Crippen molar-refractivity contribution in [2.75, 3.05) is 25.5 Å². The Kier molecular flexibility index (Phi) is 5.19. The molecule has 0 aromatic heterocycles. The predicted octanol–water partition coefficient (Wildman–Crippen LogP) is 3.65. The van der Waals surface area contributed by atoms with Gasteiger partial charge in [-0.1, -0.05) is 49.4 Å². The Labute approximate surface area is 122 Å². The van der Waals surface area contributed by atoms with Gasteiger partial charge in [0.25, 0.3) is 0 Å². The van der Waals surface area contributed by atoms with Crippen molar-refractivity contribution in [2.24, 2.45) is 0 Å². The highest BCUT2D eigenvalue weighted by molar-refractivity contribution is 5.45. The Morgan fingerprint density at radius 2 is 1.60 bits per heavy atom. The number of hydrogen-bond acceptors (Lipinski definition) is 2. The maximum atomic E-state index is 3.54. The summed E-state index contributed by atoms with van der Waals surface area (Å²) in [5.74, 6) is 0.539. The van der Waals surface area contributed by atoms with E-state index >= 15 is 0 Å². The molecule has 0 aliphatic heterocycles. The fourth-order valence-corrected chi connectivity index (χ4v) is 2.24. The highest BCUT2D eigenvalue weighted by Crippen LogP contribution is 2.14. The Balaban J connectivity index is 1.81. The van der Waals surface area contributed by atoms with Crippen molar-refractivity contribution in [1.29, 1.82) is 0 Å². The van der Waals surface area contributed by atoms with Crippen molar-refractivity contribution < 1.29 is 0 Å². The molecule has 0 radical (unpaired) electrons. The zero-order chi connectivity index (χ0) is 14.4. The minimum absolute atomic E-state index is 0.539. The van der Waals surface area contributed by atoms with Gasteiger partial charge in [-0.3, -0.25) is 0 Å². The van der Waals surface area contributed by atoms with Crippen LogP contribution >= 0.6 is 0 Å². The Bertz CT molecular complexity index is 503. The highest BCUT2D eigenvalue weighted by atomic mass is 15.1. The van der Waals surface area contributed by atoms with Gasteiger partial charge in [0.2, 0.25) is 0 Å². The molecular weight excluding hydrogens is 244 g/mol. The van der Waals surface area contributed by atoms with E-state index in [-0.39, 0.29) is 0 Å². The summed E-state index contributed by atoms with van der Waals surface area (Å²) in [4.78, 5) is 2.12. The van der Waals surface area contributed by atoms with Crippen molar-refractivity contribution in [2.45, 2.75) is 19.4 Å². The van der Waals surface area contributed by atoms with E-state index in [0.29, 0.717) is 5.92 Å². The smallest absolute Gasteiger partial charge is 0.0361 e. The second kappa shape index (κ2) is 7.11. The van der Waals surface area contributed by atoms with Gasteiger partial charge in [0.1, 0.15) is 0 Å². The summed E-state index contributed by atoms with van der Waals surface area (Å²) in [6, 6.07) is 19.4. The van der Waals surface area contributed by atoms with Gasteiger partial charge in [0, 0.05) is 32.9 Å². The molecule has 1 N–H and O–H groups in total. The monoisotopic (exact) mass is 268 g/mol. The summed E-state index contributed by atoms with van der Waals surface area (Å²) in [6.07, 6.45) is 0. The molecule has 2 aromatic rings. The van der Waals surface area contributed by atoms with Gasteiger partial charge in [0.15, 0.2) is 0 Å². The molecule has 0 aliphatic rings. The first-order valence-corrected chi connectivity index (χ1v) is 7.19. The molecule has 0 aliphatic carbocycles. The number of hydrogen-bond donors (Lipinski definition) is 1. The van der Waals surface area contributed by atoms with Gasteiger partial charge in [-0.2, -0.15) is 0 Å². The lowest BCUT2D eigenvalue weighted by molar-refractivity contribution is 0.615. The van der Waals surface area contributed by atoms with Crippen molar-refractivity contribution in [3.63, 3.8) is 0 Å². The molecular formula is C18H24N2. The van der Waals surface area contributed by atoms with E-state index in [1.807, 2.05) is 0 Å². The third-order valence-corrected chi connectivity index (χ3v) is 3.60. The molecule has 0 heterocycles. The summed E-state index contributed by atoms with van der Waals surface area (Å²) >= 11 is 0. The predicted molar refractivity (Wildman–Crippen MR) is 87.3 cm³/mol. The quantitative estimate of drug-likeness (QED) is 0.860. The number of rotatable bonds is 6. The second-order valence-corrected chi connectivity index (χ2v) is 5.50. The van der Waals surface area contributed by atoms with Crippen molar-refractivity contribution in [3.8, 4) is 0 Å². The Morgan fingerprint density at radius 3 is 2.20 bits per heavy atom. The highest BCUT2D eigenvalue weighted by Gasteiger charge is 2.04. The van der Waals surface area contributed by atoms with Gasteiger partial charge in [-0.15, -0.1) is 0 Å². The first-order chi connectivity index (χ1) is 9.66. The zero-order valence-electron chi connectivity index (χ0n) is 12.6. The molecule has 20 heavy (non-hydrogen) atoms. The van der Waals surface area contributed by atoms with E-state index in [9.17, 15) is 0 Å². The van der Waals surface area contributed by atoms with Crippen LogP contribution in [0.1, 0.15) is 24.0 Å². The fraction of sp³-hybridized carbons (Fsp3) is 0.333. The molecule has 0 bridgehead atoms. The van der Waals surface area contributed by atoms with Gasteiger partial charge >= 0.3 is 0 Å². The van der Waals surface area contributed by atoms with Crippen molar-refractivity contribution in [1.82, 2.24) is 5.32 Å². The molecule has 1 unspecified atom stereocenters.